The molecular weight excluding hydrogens is 576 g/mol. The second-order valence-electron chi connectivity index (χ2n) is 9.95. The minimum Gasteiger partial charge on any atom is -0.457 e. The molecule has 13 heteroatoms. The van der Waals surface area contributed by atoms with Crippen LogP contribution in [-0.2, 0) is 23.7 Å². The van der Waals surface area contributed by atoms with E-state index in [0.29, 0.717) is 55.8 Å². The molecule has 2 aromatic rings. The van der Waals surface area contributed by atoms with Crippen LogP contribution >= 0.6 is 24.4 Å². The molecule has 2 rings (SSSR count). The van der Waals surface area contributed by atoms with Crippen molar-refractivity contribution < 1.29 is 23.7 Å². The SMILES string of the molecule is CCCCCCCCOC(=S)OCCCOC(OC(=S)OCCCCCCCC)n1cnc2c(NC)nc(NC)nc21. The Labute approximate surface area is 261 Å². The summed E-state index contributed by atoms with van der Waals surface area (Å²) in [7, 11) is 3.52. The van der Waals surface area contributed by atoms with Gasteiger partial charge in [0.2, 0.25) is 5.95 Å². The van der Waals surface area contributed by atoms with Crippen molar-refractivity contribution >= 4 is 57.8 Å². The molecule has 0 bridgehead atoms. The first kappa shape index (κ1) is 35.7. The zero-order valence-electron chi connectivity index (χ0n) is 25.8. The summed E-state index contributed by atoms with van der Waals surface area (Å²) in [6.45, 7) is 6.14. The topological polar surface area (TPSA) is 114 Å². The van der Waals surface area contributed by atoms with Crippen molar-refractivity contribution in [3.05, 3.63) is 6.33 Å². The van der Waals surface area contributed by atoms with Gasteiger partial charge in [0.25, 0.3) is 6.41 Å². The van der Waals surface area contributed by atoms with Crippen molar-refractivity contribution in [1.29, 1.82) is 0 Å². The van der Waals surface area contributed by atoms with Crippen molar-refractivity contribution in [1.82, 2.24) is 19.5 Å². The van der Waals surface area contributed by atoms with E-state index in [1.165, 1.54) is 51.4 Å². The molecule has 2 N–H and O–H groups in total. The van der Waals surface area contributed by atoms with Crippen LogP contribution in [0.3, 0.4) is 0 Å². The van der Waals surface area contributed by atoms with Gasteiger partial charge in [-0.05, 0) is 12.8 Å². The average Bonchev–Trinajstić information content (AvgIpc) is 3.42. The van der Waals surface area contributed by atoms with E-state index in [9.17, 15) is 0 Å². The molecule has 0 aliphatic carbocycles. The molecule has 0 amide bonds. The van der Waals surface area contributed by atoms with Crippen LogP contribution in [-0.4, -0.2) is 70.5 Å². The lowest BCUT2D eigenvalue weighted by Crippen LogP contribution is -2.22. The second-order valence-corrected chi connectivity index (χ2v) is 10.6. The van der Waals surface area contributed by atoms with E-state index < -0.39 is 6.41 Å². The number of unbranched alkanes of at least 4 members (excludes halogenated alkanes) is 10. The van der Waals surface area contributed by atoms with Gasteiger partial charge < -0.3 is 34.3 Å². The average molecular weight is 627 g/mol. The van der Waals surface area contributed by atoms with Crippen LogP contribution in [0.1, 0.15) is 104 Å². The summed E-state index contributed by atoms with van der Waals surface area (Å²) < 4.78 is 30.5. The van der Waals surface area contributed by atoms with Crippen LogP contribution in [0.15, 0.2) is 6.33 Å². The number of imidazole rings is 1. The maximum atomic E-state index is 6.08. The lowest BCUT2D eigenvalue weighted by Gasteiger charge is -2.21. The highest BCUT2D eigenvalue weighted by atomic mass is 32.1. The van der Waals surface area contributed by atoms with E-state index in [0.717, 1.165) is 25.7 Å². The fraction of sp³-hybridized carbons (Fsp3) is 0.759. The summed E-state index contributed by atoms with van der Waals surface area (Å²) in [4.78, 5) is 13.4. The van der Waals surface area contributed by atoms with Crippen LogP contribution < -0.4 is 10.6 Å². The summed E-state index contributed by atoms with van der Waals surface area (Å²) in [6, 6.07) is 0. The molecule has 42 heavy (non-hydrogen) atoms. The van der Waals surface area contributed by atoms with Crippen LogP contribution in [0.2, 0.25) is 0 Å². The Bertz CT molecular complexity index is 1040. The van der Waals surface area contributed by atoms with Gasteiger partial charge in [0.15, 0.2) is 17.0 Å². The molecule has 0 aliphatic rings. The number of ether oxygens (including phenoxy) is 5. The lowest BCUT2D eigenvalue weighted by atomic mass is 10.1. The maximum Gasteiger partial charge on any atom is 0.356 e. The molecule has 2 aromatic heterocycles. The Hall–Kier alpha value is -2.51. The molecular formula is C29H50N6O5S2. The normalized spacial score (nSPS) is 11.7. The number of fused-ring (bicyclic) bond motifs is 1. The van der Waals surface area contributed by atoms with E-state index in [1.54, 1.807) is 25.0 Å². The van der Waals surface area contributed by atoms with E-state index in [2.05, 4.69) is 39.4 Å². The number of nitrogens with zero attached hydrogens (tertiary/aromatic N) is 4. The minimum atomic E-state index is -0.952. The Morgan fingerprint density at radius 1 is 0.738 bits per heavy atom. The predicted octanol–water partition coefficient (Wildman–Crippen LogP) is 7.13. The molecule has 11 nitrogen and oxygen atoms in total. The number of anilines is 2. The molecule has 238 valence electrons. The van der Waals surface area contributed by atoms with Gasteiger partial charge in [-0.15, -0.1) is 0 Å². The maximum absolute atomic E-state index is 6.08. The summed E-state index contributed by atoms with van der Waals surface area (Å²) >= 11 is 10.6. The number of hydrogen-bond donors (Lipinski definition) is 2. The second kappa shape index (κ2) is 22.1. The summed E-state index contributed by atoms with van der Waals surface area (Å²) in [5.74, 6) is 1.00. The third-order valence-corrected chi connectivity index (χ3v) is 6.96. The van der Waals surface area contributed by atoms with Crippen LogP contribution in [0, 0.1) is 0 Å². The third-order valence-electron chi connectivity index (χ3n) is 6.51. The molecule has 2 heterocycles. The Morgan fingerprint density at radius 2 is 1.31 bits per heavy atom. The molecule has 1 atom stereocenters. The number of rotatable bonds is 23. The molecule has 0 aliphatic heterocycles. The fourth-order valence-corrected chi connectivity index (χ4v) is 4.49. The lowest BCUT2D eigenvalue weighted by molar-refractivity contribution is -0.151. The molecule has 0 saturated carbocycles. The minimum absolute atomic E-state index is 0.00710. The van der Waals surface area contributed by atoms with Crippen LogP contribution in [0.5, 0.6) is 0 Å². The van der Waals surface area contributed by atoms with E-state index in [4.69, 9.17) is 48.1 Å². The van der Waals surface area contributed by atoms with Gasteiger partial charge in [-0.3, -0.25) is 4.57 Å². The first-order chi connectivity index (χ1) is 20.5. The molecule has 0 aromatic carbocycles. The Morgan fingerprint density at radius 3 is 1.90 bits per heavy atom. The smallest absolute Gasteiger partial charge is 0.356 e. The largest absolute Gasteiger partial charge is 0.457 e. The first-order valence-corrected chi connectivity index (χ1v) is 16.2. The van der Waals surface area contributed by atoms with Crippen molar-refractivity contribution in [2.75, 3.05) is 51.2 Å². The number of thiocarbonyl (C=S) groups is 2. The Kier molecular flexibility index (Phi) is 18.8. The van der Waals surface area contributed by atoms with Gasteiger partial charge in [-0.2, -0.15) is 9.97 Å². The number of hydrogen-bond acceptors (Lipinski definition) is 12. The van der Waals surface area contributed by atoms with Crippen LogP contribution in [0.4, 0.5) is 11.8 Å². The highest BCUT2D eigenvalue weighted by Crippen LogP contribution is 2.25. The quantitative estimate of drug-likeness (QED) is 0.0743. The van der Waals surface area contributed by atoms with Gasteiger partial charge in [0, 0.05) is 45.0 Å². The summed E-state index contributed by atoms with van der Waals surface area (Å²) in [5.41, 5.74) is 1.09. The Balaban J connectivity index is 1.89. The predicted molar refractivity (Wildman–Crippen MR) is 175 cm³/mol. The van der Waals surface area contributed by atoms with Crippen LogP contribution in [0.25, 0.3) is 11.2 Å². The highest BCUT2D eigenvalue weighted by Gasteiger charge is 2.22. The third kappa shape index (κ3) is 13.6. The first-order valence-electron chi connectivity index (χ1n) is 15.4. The molecule has 0 spiro atoms. The van der Waals surface area contributed by atoms with Gasteiger partial charge >= 0.3 is 10.5 Å². The van der Waals surface area contributed by atoms with E-state index >= 15 is 0 Å². The van der Waals surface area contributed by atoms with Crippen molar-refractivity contribution in [3.63, 3.8) is 0 Å². The number of aromatic nitrogens is 4. The molecule has 1 unspecified atom stereocenters. The molecule has 0 fully saturated rings. The summed E-state index contributed by atoms with van der Waals surface area (Å²) in [6.07, 6.45) is 15.2. The standard InChI is InChI=1S/C29H50N6O5S2/c1-5-7-9-11-13-15-18-37-28(41)38-21-17-20-36-27(40-29(42)39-19-16-14-12-10-8-6-2)35-22-32-23-24(30-3)33-26(31-4)34-25(23)35/h22,27H,5-21H2,1-4H3,(H2,30,31,33,34). The zero-order valence-corrected chi connectivity index (χ0v) is 27.5. The molecule has 0 saturated heterocycles. The van der Waals surface area contributed by atoms with E-state index in [1.807, 2.05) is 0 Å². The summed E-state index contributed by atoms with van der Waals surface area (Å²) in [5, 5.41) is 6.19. The van der Waals surface area contributed by atoms with Gasteiger partial charge in [-0.1, -0.05) is 78.1 Å². The monoisotopic (exact) mass is 626 g/mol. The fourth-order valence-electron chi connectivity index (χ4n) is 4.16. The van der Waals surface area contributed by atoms with Gasteiger partial charge in [0.1, 0.15) is 6.33 Å². The zero-order chi connectivity index (χ0) is 30.4. The van der Waals surface area contributed by atoms with E-state index in [-0.39, 0.29) is 10.5 Å². The van der Waals surface area contributed by atoms with Crippen molar-refractivity contribution in [3.8, 4) is 0 Å². The number of nitrogens with one attached hydrogen (secondary N) is 2. The van der Waals surface area contributed by atoms with Crippen molar-refractivity contribution in [2.24, 2.45) is 0 Å². The van der Waals surface area contributed by atoms with Gasteiger partial charge in [-0.25, -0.2) is 4.98 Å². The molecule has 0 radical (unpaired) electrons. The van der Waals surface area contributed by atoms with Crippen molar-refractivity contribution in [2.45, 2.75) is 104 Å². The highest BCUT2D eigenvalue weighted by molar-refractivity contribution is 7.79. The van der Waals surface area contributed by atoms with Gasteiger partial charge in [0.05, 0.1) is 26.4 Å².